The van der Waals surface area contributed by atoms with Crippen LogP contribution in [0.2, 0.25) is 0 Å². The molecule has 0 aliphatic carbocycles. The maximum atomic E-state index is 12.5. The van der Waals surface area contributed by atoms with Gasteiger partial charge < -0.3 is 15.7 Å². The largest absolute Gasteiger partial charge is 0.481 e. The van der Waals surface area contributed by atoms with Gasteiger partial charge in [-0.25, -0.2) is 0 Å². The summed E-state index contributed by atoms with van der Waals surface area (Å²) in [6.07, 6.45) is 0.434. The van der Waals surface area contributed by atoms with Crippen LogP contribution in [0.1, 0.15) is 31.7 Å². The molecule has 2 rings (SSSR count). The second-order valence-corrected chi connectivity index (χ2v) is 5.38. The lowest BCUT2D eigenvalue weighted by Crippen LogP contribution is -2.45. The molecule has 1 aromatic rings. The van der Waals surface area contributed by atoms with Gasteiger partial charge in [0.2, 0.25) is 5.91 Å². The lowest BCUT2D eigenvalue weighted by molar-refractivity contribution is -0.139. The Bertz CT molecular complexity index is 528. The summed E-state index contributed by atoms with van der Waals surface area (Å²) < 4.78 is 0. The lowest BCUT2D eigenvalue weighted by atomic mass is 9.89. The van der Waals surface area contributed by atoms with Gasteiger partial charge in [0, 0.05) is 18.3 Å². The first-order valence-electron chi connectivity index (χ1n) is 6.82. The average Bonchev–Trinajstić information content (AvgIpc) is 2.44. The quantitative estimate of drug-likeness (QED) is 0.877. The fraction of sp³-hybridized carbons (Fsp3) is 0.467. The number of benzene rings is 1. The first-order valence-corrected chi connectivity index (χ1v) is 6.82. The van der Waals surface area contributed by atoms with Gasteiger partial charge in [-0.1, -0.05) is 25.1 Å². The summed E-state index contributed by atoms with van der Waals surface area (Å²) >= 11 is 0. The third kappa shape index (κ3) is 2.54. The molecule has 3 atom stereocenters. The Labute approximate surface area is 118 Å². The number of fused-ring (bicyclic) bond motifs is 1. The van der Waals surface area contributed by atoms with Gasteiger partial charge >= 0.3 is 5.97 Å². The summed E-state index contributed by atoms with van der Waals surface area (Å²) in [4.78, 5) is 25.5. The van der Waals surface area contributed by atoms with Crippen molar-refractivity contribution in [3.8, 4) is 0 Å². The number of carboxylic acids is 1. The number of carbonyl (C=O) groups is 2. The van der Waals surface area contributed by atoms with Gasteiger partial charge in [0.05, 0.1) is 11.8 Å². The van der Waals surface area contributed by atoms with Crippen LogP contribution in [0.15, 0.2) is 24.3 Å². The number of para-hydroxylation sites is 1. The third-order valence-corrected chi connectivity index (χ3v) is 3.99. The second kappa shape index (κ2) is 5.63. The molecule has 3 unspecified atom stereocenters. The van der Waals surface area contributed by atoms with Crippen LogP contribution in [0.3, 0.4) is 0 Å². The van der Waals surface area contributed by atoms with Crippen molar-refractivity contribution in [3.05, 3.63) is 29.8 Å². The van der Waals surface area contributed by atoms with Crippen molar-refractivity contribution in [3.63, 3.8) is 0 Å². The van der Waals surface area contributed by atoms with Crippen molar-refractivity contribution in [1.82, 2.24) is 0 Å². The van der Waals surface area contributed by atoms with Crippen LogP contribution in [0, 0.1) is 5.92 Å². The molecule has 0 radical (unpaired) electrons. The van der Waals surface area contributed by atoms with E-state index in [1.165, 1.54) is 0 Å². The van der Waals surface area contributed by atoms with Crippen molar-refractivity contribution in [2.45, 2.75) is 32.2 Å². The van der Waals surface area contributed by atoms with Crippen LogP contribution in [-0.4, -0.2) is 29.6 Å². The minimum atomic E-state index is -0.843. The first-order chi connectivity index (χ1) is 9.43. The number of nitrogens with two attached hydrogens (primary N) is 1. The minimum Gasteiger partial charge on any atom is -0.481 e. The summed E-state index contributed by atoms with van der Waals surface area (Å²) in [5.74, 6) is -1.72. The standard InChI is InChI=1S/C15H20N2O3/c1-9(10(2)16)14(18)17-8-7-12(15(19)20)11-5-3-4-6-13(11)17/h3-6,9-10,12H,7-8,16H2,1-2H3,(H,19,20). The Morgan fingerprint density at radius 1 is 1.35 bits per heavy atom. The molecule has 5 heteroatoms. The highest BCUT2D eigenvalue weighted by Crippen LogP contribution is 2.36. The molecule has 108 valence electrons. The lowest BCUT2D eigenvalue weighted by Gasteiger charge is -2.34. The fourth-order valence-electron chi connectivity index (χ4n) is 2.52. The van der Waals surface area contributed by atoms with E-state index in [2.05, 4.69) is 0 Å². The molecule has 1 aliphatic heterocycles. The van der Waals surface area contributed by atoms with Gasteiger partial charge in [-0.3, -0.25) is 9.59 Å². The maximum Gasteiger partial charge on any atom is 0.311 e. The van der Waals surface area contributed by atoms with Gasteiger partial charge in [-0.05, 0) is 25.0 Å². The van der Waals surface area contributed by atoms with E-state index >= 15 is 0 Å². The van der Waals surface area contributed by atoms with Crippen LogP contribution < -0.4 is 10.6 Å². The summed E-state index contributed by atoms with van der Waals surface area (Å²) in [6, 6.07) is 6.98. The van der Waals surface area contributed by atoms with Crippen LogP contribution in [0.4, 0.5) is 5.69 Å². The number of carbonyl (C=O) groups excluding carboxylic acids is 1. The molecular formula is C15H20N2O3. The predicted octanol–water partition coefficient (Wildman–Crippen LogP) is 1.57. The summed E-state index contributed by atoms with van der Waals surface area (Å²) in [5.41, 5.74) is 7.20. The molecule has 0 aromatic heterocycles. The number of hydrogen-bond acceptors (Lipinski definition) is 3. The third-order valence-electron chi connectivity index (χ3n) is 3.99. The van der Waals surface area contributed by atoms with E-state index in [0.29, 0.717) is 24.2 Å². The molecule has 5 nitrogen and oxygen atoms in total. The normalized spacial score (nSPS) is 20.9. The van der Waals surface area contributed by atoms with Gasteiger partial charge in [0.1, 0.15) is 0 Å². The molecule has 20 heavy (non-hydrogen) atoms. The van der Waals surface area contributed by atoms with Gasteiger partial charge in [0.25, 0.3) is 0 Å². The Hall–Kier alpha value is -1.88. The maximum absolute atomic E-state index is 12.5. The van der Waals surface area contributed by atoms with E-state index in [9.17, 15) is 14.7 Å². The van der Waals surface area contributed by atoms with E-state index < -0.39 is 11.9 Å². The zero-order valence-electron chi connectivity index (χ0n) is 11.7. The van der Waals surface area contributed by atoms with E-state index in [-0.39, 0.29) is 17.9 Å². The van der Waals surface area contributed by atoms with Crippen molar-refractivity contribution in [2.75, 3.05) is 11.4 Å². The molecule has 0 saturated carbocycles. The molecule has 1 heterocycles. The predicted molar refractivity (Wildman–Crippen MR) is 76.6 cm³/mol. The molecule has 0 saturated heterocycles. The Balaban J connectivity index is 2.37. The molecule has 1 aliphatic rings. The number of amides is 1. The fourth-order valence-corrected chi connectivity index (χ4v) is 2.52. The van der Waals surface area contributed by atoms with Gasteiger partial charge in [-0.2, -0.15) is 0 Å². The van der Waals surface area contributed by atoms with E-state index in [0.717, 1.165) is 0 Å². The van der Waals surface area contributed by atoms with Crippen molar-refractivity contribution < 1.29 is 14.7 Å². The van der Waals surface area contributed by atoms with E-state index in [4.69, 9.17) is 5.73 Å². The zero-order valence-corrected chi connectivity index (χ0v) is 11.7. The number of anilines is 1. The SMILES string of the molecule is CC(N)C(C)C(=O)N1CCC(C(=O)O)c2ccccc21. The molecule has 0 spiro atoms. The highest BCUT2D eigenvalue weighted by atomic mass is 16.4. The Kier molecular flexibility index (Phi) is 4.09. The number of hydrogen-bond donors (Lipinski definition) is 2. The molecule has 0 fully saturated rings. The zero-order chi connectivity index (χ0) is 14.9. The highest BCUT2D eigenvalue weighted by molar-refractivity contribution is 5.97. The topological polar surface area (TPSA) is 83.6 Å². The summed E-state index contributed by atoms with van der Waals surface area (Å²) in [6.45, 7) is 4.03. The average molecular weight is 276 g/mol. The van der Waals surface area contributed by atoms with Crippen LogP contribution in [-0.2, 0) is 9.59 Å². The number of aliphatic carboxylic acids is 1. The van der Waals surface area contributed by atoms with Crippen LogP contribution in [0.25, 0.3) is 0 Å². The van der Waals surface area contributed by atoms with Gasteiger partial charge in [0.15, 0.2) is 0 Å². The molecule has 1 aromatic carbocycles. The number of rotatable bonds is 3. The molecule has 0 bridgehead atoms. The highest BCUT2D eigenvalue weighted by Gasteiger charge is 2.34. The molecular weight excluding hydrogens is 256 g/mol. The van der Waals surface area contributed by atoms with Crippen LogP contribution in [0.5, 0.6) is 0 Å². The summed E-state index contributed by atoms with van der Waals surface area (Å²) in [5, 5.41) is 9.28. The van der Waals surface area contributed by atoms with Gasteiger partial charge in [-0.15, -0.1) is 0 Å². The minimum absolute atomic E-state index is 0.0451. The van der Waals surface area contributed by atoms with Crippen molar-refractivity contribution in [2.24, 2.45) is 11.7 Å². The van der Waals surface area contributed by atoms with Crippen molar-refractivity contribution >= 4 is 17.6 Å². The number of nitrogens with zero attached hydrogens (tertiary/aromatic N) is 1. The molecule has 3 N–H and O–H groups in total. The monoisotopic (exact) mass is 276 g/mol. The van der Waals surface area contributed by atoms with Crippen LogP contribution >= 0.6 is 0 Å². The van der Waals surface area contributed by atoms with E-state index in [1.807, 2.05) is 6.07 Å². The van der Waals surface area contributed by atoms with Crippen molar-refractivity contribution in [1.29, 1.82) is 0 Å². The first kappa shape index (κ1) is 14.5. The number of carboxylic acid groups (broad SMARTS) is 1. The molecule has 1 amide bonds. The summed E-state index contributed by atoms with van der Waals surface area (Å²) in [7, 11) is 0. The Morgan fingerprint density at radius 3 is 2.60 bits per heavy atom. The smallest absolute Gasteiger partial charge is 0.311 e. The van der Waals surface area contributed by atoms with E-state index in [1.54, 1.807) is 36.9 Å². The Morgan fingerprint density at radius 2 is 2.00 bits per heavy atom. The second-order valence-electron chi connectivity index (χ2n) is 5.38.